The van der Waals surface area contributed by atoms with Gasteiger partial charge in [-0.15, -0.1) is 0 Å². The SMILES string of the molecule is CC/C=C\C/C=C\C/C=C\CCCCCCCCCCCC(=O)OCC(COC(=O)CCCCCC/C=C\CCCC)OC(=O)CCCCCCCCCCCCC. The van der Waals surface area contributed by atoms with E-state index in [1.54, 1.807) is 0 Å². The Labute approximate surface area is 358 Å². The van der Waals surface area contributed by atoms with Crippen molar-refractivity contribution in [1.29, 1.82) is 0 Å². The van der Waals surface area contributed by atoms with E-state index in [1.165, 1.54) is 109 Å². The second-order valence-corrected chi connectivity index (χ2v) is 16.3. The number of allylic oxidation sites excluding steroid dienone is 8. The van der Waals surface area contributed by atoms with E-state index < -0.39 is 6.10 Å². The van der Waals surface area contributed by atoms with Gasteiger partial charge in [0.15, 0.2) is 6.10 Å². The van der Waals surface area contributed by atoms with Crippen LogP contribution in [0.4, 0.5) is 0 Å². The third kappa shape index (κ3) is 44.5. The monoisotopic (exact) mass is 813 g/mol. The van der Waals surface area contributed by atoms with Crippen molar-refractivity contribution in [3.05, 3.63) is 48.6 Å². The fourth-order valence-corrected chi connectivity index (χ4v) is 6.85. The Morgan fingerprint density at radius 1 is 0.362 bits per heavy atom. The highest BCUT2D eigenvalue weighted by molar-refractivity contribution is 5.71. The minimum Gasteiger partial charge on any atom is -0.462 e. The lowest BCUT2D eigenvalue weighted by molar-refractivity contribution is -0.167. The van der Waals surface area contributed by atoms with Gasteiger partial charge in [-0.3, -0.25) is 14.4 Å². The average Bonchev–Trinajstić information content (AvgIpc) is 3.22. The molecule has 0 aliphatic carbocycles. The number of hydrogen-bond donors (Lipinski definition) is 0. The molecular weight excluding hydrogens is 721 g/mol. The molecule has 0 aromatic heterocycles. The summed E-state index contributed by atoms with van der Waals surface area (Å²) < 4.78 is 16.7. The van der Waals surface area contributed by atoms with Crippen LogP contribution in [0.15, 0.2) is 48.6 Å². The van der Waals surface area contributed by atoms with Gasteiger partial charge >= 0.3 is 17.9 Å². The van der Waals surface area contributed by atoms with E-state index in [0.717, 1.165) is 96.3 Å². The summed E-state index contributed by atoms with van der Waals surface area (Å²) in [6, 6.07) is 0. The highest BCUT2D eigenvalue weighted by Crippen LogP contribution is 2.15. The summed E-state index contributed by atoms with van der Waals surface area (Å²) in [5.41, 5.74) is 0. The lowest BCUT2D eigenvalue weighted by Crippen LogP contribution is -2.30. The molecule has 0 aliphatic heterocycles. The zero-order chi connectivity index (χ0) is 42.3. The van der Waals surface area contributed by atoms with Crippen LogP contribution in [-0.2, 0) is 28.6 Å². The largest absolute Gasteiger partial charge is 0.462 e. The van der Waals surface area contributed by atoms with Crippen molar-refractivity contribution in [2.75, 3.05) is 13.2 Å². The van der Waals surface area contributed by atoms with Gasteiger partial charge in [-0.1, -0.05) is 204 Å². The topological polar surface area (TPSA) is 78.9 Å². The van der Waals surface area contributed by atoms with E-state index in [-0.39, 0.29) is 31.1 Å². The molecule has 0 aromatic carbocycles. The summed E-state index contributed by atoms with van der Waals surface area (Å²) in [5.74, 6) is -0.893. The van der Waals surface area contributed by atoms with Gasteiger partial charge in [-0.2, -0.15) is 0 Å². The van der Waals surface area contributed by atoms with Crippen LogP contribution < -0.4 is 0 Å². The third-order valence-electron chi connectivity index (χ3n) is 10.6. The summed E-state index contributed by atoms with van der Waals surface area (Å²) in [4.78, 5) is 37.8. The minimum absolute atomic E-state index is 0.0777. The Morgan fingerprint density at radius 3 is 1.12 bits per heavy atom. The molecule has 0 radical (unpaired) electrons. The summed E-state index contributed by atoms with van der Waals surface area (Å²) in [6.07, 6.45) is 55.2. The summed E-state index contributed by atoms with van der Waals surface area (Å²) >= 11 is 0. The smallest absolute Gasteiger partial charge is 0.306 e. The summed E-state index contributed by atoms with van der Waals surface area (Å²) in [6.45, 7) is 6.47. The zero-order valence-corrected chi connectivity index (χ0v) is 38.3. The Bertz CT molecular complexity index is 1030. The van der Waals surface area contributed by atoms with Gasteiger partial charge in [0.05, 0.1) is 0 Å². The molecule has 1 atom stereocenters. The highest BCUT2D eigenvalue weighted by Gasteiger charge is 2.19. The van der Waals surface area contributed by atoms with Gasteiger partial charge < -0.3 is 14.2 Å². The van der Waals surface area contributed by atoms with Crippen LogP contribution in [0.5, 0.6) is 0 Å². The fraction of sp³-hybridized carbons (Fsp3) is 0.788. The van der Waals surface area contributed by atoms with Crippen LogP contribution in [0, 0.1) is 0 Å². The van der Waals surface area contributed by atoms with Crippen LogP contribution in [0.25, 0.3) is 0 Å². The molecule has 0 heterocycles. The van der Waals surface area contributed by atoms with Crippen LogP contribution in [0.2, 0.25) is 0 Å². The van der Waals surface area contributed by atoms with Crippen molar-refractivity contribution in [3.8, 4) is 0 Å². The molecule has 336 valence electrons. The minimum atomic E-state index is -0.774. The second-order valence-electron chi connectivity index (χ2n) is 16.3. The standard InChI is InChI=1S/C52H92O6/c1-4-7-10-13-16-19-22-23-24-25-26-27-28-29-31-33-36-39-42-45-51(54)57-48-49(47-56-50(53)44-41-38-35-32-21-18-15-12-9-6-3)58-52(55)46-43-40-37-34-30-20-17-14-11-8-5-2/h7,10,15-16,18-19,23-24,49H,4-6,8-9,11-14,17,20-22,25-48H2,1-3H3/b10-7-,18-15-,19-16-,24-23-. The first-order valence-electron chi connectivity index (χ1n) is 24.6. The van der Waals surface area contributed by atoms with E-state index in [1.807, 2.05) is 0 Å². The maximum absolute atomic E-state index is 12.7. The molecule has 0 fully saturated rings. The van der Waals surface area contributed by atoms with Gasteiger partial charge in [-0.05, 0) is 70.6 Å². The molecule has 0 bridgehead atoms. The van der Waals surface area contributed by atoms with Crippen molar-refractivity contribution in [2.24, 2.45) is 0 Å². The Morgan fingerprint density at radius 2 is 0.690 bits per heavy atom. The first-order chi connectivity index (χ1) is 28.5. The predicted octanol–water partition coefficient (Wildman–Crippen LogP) is 15.9. The van der Waals surface area contributed by atoms with Gasteiger partial charge in [0, 0.05) is 19.3 Å². The van der Waals surface area contributed by atoms with E-state index in [0.29, 0.717) is 19.3 Å². The highest BCUT2D eigenvalue weighted by atomic mass is 16.6. The van der Waals surface area contributed by atoms with Crippen molar-refractivity contribution < 1.29 is 28.6 Å². The number of rotatable bonds is 44. The van der Waals surface area contributed by atoms with Crippen molar-refractivity contribution >= 4 is 17.9 Å². The maximum Gasteiger partial charge on any atom is 0.306 e. The number of unbranched alkanes of at least 4 members (excludes halogenated alkanes) is 25. The Balaban J connectivity index is 4.29. The normalized spacial score (nSPS) is 12.4. The van der Waals surface area contributed by atoms with Crippen LogP contribution in [0.3, 0.4) is 0 Å². The lowest BCUT2D eigenvalue weighted by Gasteiger charge is -2.18. The van der Waals surface area contributed by atoms with Crippen molar-refractivity contribution in [3.63, 3.8) is 0 Å². The molecule has 0 aliphatic rings. The van der Waals surface area contributed by atoms with Crippen LogP contribution in [0.1, 0.15) is 245 Å². The Hall–Kier alpha value is -2.63. The average molecular weight is 813 g/mol. The lowest BCUT2D eigenvalue weighted by atomic mass is 10.1. The van der Waals surface area contributed by atoms with E-state index in [9.17, 15) is 14.4 Å². The molecule has 0 spiro atoms. The van der Waals surface area contributed by atoms with Crippen LogP contribution in [-0.4, -0.2) is 37.2 Å². The molecule has 0 saturated carbocycles. The molecule has 0 aromatic rings. The maximum atomic E-state index is 12.7. The van der Waals surface area contributed by atoms with Crippen LogP contribution >= 0.6 is 0 Å². The third-order valence-corrected chi connectivity index (χ3v) is 10.6. The van der Waals surface area contributed by atoms with E-state index >= 15 is 0 Å². The molecule has 0 rings (SSSR count). The van der Waals surface area contributed by atoms with Crippen molar-refractivity contribution in [2.45, 2.75) is 252 Å². The fourth-order valence-electron chi connectivity index (χ4n) is 6.85. The molecule has 0 N–H and O–H groups in total. The van der Waals surface area contributed by atoms with Gasteiger partial charge in [-0.25, -0.2) is 0 Å². The molecule has 6 heteroatoms. The predicted molar refractivity (Wildman–Crippen MR) is 247 cm³/mol. The zero-order valence-electron chi connectivity index (χ0n) is 38.3. The molecule has 1 unspecified atom stereocenters. The first kappa shape index (κ1) is 55.4. The summed E-state index contributed by atoms with van der Waals surface area (Å²) in [5, 5.41) is 0. The Kier molecular flexibility index (Phi) is 44.9. The quantitative estimate of drug-likeness (QED) is 0.0264. The molecular formula is C52H92O6. The number of ether oxygens (including phenoxy) is 3. The van der Waals surface area contributed by atoms with E-state index in [2.05, 4.69) is 69.4 Å². The summed E-state index contributed by atoms with van der Waals surface area (Å²) in [7, 11) is 0. The number of hydrogen-bond acceptors (Lipinski definition) is 6. The van der Waals surface area contributed by atoms with E-state index in [4.69, 9.17) is 14.2 Å². The molecule has 0 amide bonds. The number of carbonyl (C=O) groups is 3. The van der Waals surface area contributed by atoms with Crippen molar-refractivity contribution in [1.82, 2.24) is 0 Å². The van der Waals surface area contributed by atoms with Gasteiger partial charge in [0.2, 0.25) is 0 Å². The second kappa shape index (κ2) is 47.1. The number of carbonyl (C=O) groups excluding carboxylic acids is 3. The molecule has 6 nitrogen and oxygen atoms in total. The van der Waals surface area contributed by atoms with Gasteiger partial charge in [0.25, 0.3) is 0 Å². The molecule has 58 heavy (non-hydrogen) atoms. The van der Waals surface area contributed by atoms with Gasteiger partial charge in [0.1, 0.15) is 13.2 Å². The first-order valence-corrected chi connectivity index (χ1v) is 24.6. The number of esters is 3. The molecule has 0 saturated heterocycles.